The normalized spacial score (nSPS) is 19.9. The highest BCUT2D eigenvalue weighted by atomic mass is 32.1. The highest BCUT2D eigenvalue weighted by Crippen LogP contribution is 2.39. The lowest BCUT2D eigenvalue weighted by Gasteiger charge is -2.23. The van der Waals surface area contributed by atoms with Crippen molar-refractivity contribution >= 4 is 33.2 Å². The molecule has 0 saturated carbocycles. The van der Waals surface area contributed by atoms with Crippen molar-refractivity contribution in [2.24, 2.45) is 5.92 Å². The second-order valence-electron chi connectivity index (χ2n) is 9.39. The predicted octanol–water partition coefficient (Wildman–Crippen LogP) is 4.57. The molecule has 0 amide bonds. The number of anilines is 2. The van der Waals surface area contributed by atoms with Crippen molar-refractivity contribution in [3.63, 3.8) is 0 Å². The number of thiophene rings is 1. The molecule has 0 unspecified atom stereocenters. The third-order valence-electron chi connectivity index (χ3n) is 6.87. The fraction of sp³-hybridized carbons (Fsp3) is 0.542. The first-order valence-corrected chi connectivity index (χ1v) is 12.7. The molecule has 3 aromatic heterocycles. The Morgan fingerprint density at radius 1 is 1.15 bits per heavy atom. The van der Waals surface area contributed by atoms with Gasteiger partial charge in [-0.3, -0.25) is 0 Å². The van der Waals surface area contributed by atoms with Gasteiger partial charge in [0.15, 0.2) is 0 Å². The zero-order chi connectivity index (χ0) is 23.9. The number of pyridine rings is 1. The van der Waals surface area contributed by atoms with Gasteiger partial charge in [-0.25, -0.2) is 15.0 Å². The number of aryl methyl sites for hydroxylation is 1. The van der Waals surface area contributed by atoms with Gasteiger partial charge in [0.1, 0.15) is 22.3 Å². The summed E-state index contributed by atoms with van der Waals surface area (Å²) >= 11 is 1.77. The molecule has 0 bridgehead atoms. The standard InChI is InChI=1S/C24H29F3N6S/c1-15-3-5-17-18(13-15)34-23-21(17)22(28)30-19(31-23)7-10-32-8-2-9-33(12-11-32)20-6-4-16(14-29-20)24(25,26)27/h4,6,14-15H,2-3,5,7-13H2,1H3,(H2,28,30,31)/t15-/m1/s1. The number of nitrogen functional groups attached to an aromatic ring is 1. The van der Waals surface area contributed by atoms with Crippen LogP contribution in [-0.4, -0.2) is 52.6 Å². The van der Waals surface area contributed by atoms with Gasteiger partial charge >= 0.3 is 6.18 Å². The molecule has 182 valence electrons. The van der Waals surface area contributed by atoms with Gasteiger partial charge in [-0.2, -0.15) is 13.2 Å². The number of hydrogen-bond acceptors (Lipinski definition) is 7. The summed E-state index contributed by atoms with van der Waals surface area (Å²) in [6.45, 7) is 6.33. The van der Waals surface area contributed by atoms with Crippen LogP contribution in [-0.2, 0) is 25.4 Å². The first kappa shape index (κ1) is 23.3. The number of hydrogen-bond donors (Lipinski definition) is 1. The lowest BCUT2D eigenvalue weighted by molar-refractivity contribution is -0.137. The monoisotopic (exact) mass is 490 g/mol. The molecule has 1 atom stereocenters. The highest BCUT2D eigenvalue weighted by Gasteiger charge is 2.31. The number of fused-ring (bicyclic) bond motifs is 3. The van der Waals surface area contributed by atoms with Crippen molar-refractivity contribution in [3.8, 4) is 0 Å². The van der Waals surface area contributed by atoms with E-state index in [0.717, 1.165) is 86.7 Å². The smallest absolute Gasteiger partial charge is 0.383 e. The van der Waals surface area contributed by atoms with Crippen molar-refractivity contribution in [3.05, 3.63) is 40.2 Å². The highest BCUT2D eigenvalue weighted by molar-refractivity contribution is 7.19. The van der Waals surface area contributed by atoms with E-state index in [0.29, 0.717) is 17.6 Å². The molecule has 1 saturated heterocycles. The number of alkyl halides is 3. The number of halogens is 3. The van der Waals surface area contributed by atoms with Crippen LogP contribution in [0.5, 0.6) is 0 Å². The van der Waals surface area contributed by atoms with Gasteiger partial charge in [0.05, 0.1) is 10.9 Å². The summed E-state index contributed by atoms with van der Waals surface area (Å²) < 4.78 is 38.4. The maximum atomic E-state index is 12.8. The van der Waals surface area contributed by atoms with Gasteiger partial charge in [-0.15, -0.1) is 11.3 Å². The molecule has 5 rings (SSSR count). The van der Waals surface area contributed by atoms with E-state index in [2.05, 4.69) is 26.7 Å². The van der Waals surface area contributed by atoms with E-state index < -0.39 is 11.7 Å². The molecule has 2 aliphatic rings. The van der Waals surface area contributed by atoms with E-state index in [4.69, 9.17) is 10.7 Å². The summed E-state index contributed by atoms with van der Waals surface area (Å²) in [4.78, 5) is 20.4. The van der Waals surface area contributed by atoms with Crippen molar-refractivity contribution in [2.45, 2.75) is 45.2 Å². The fourth-order valence-electron chi connectivity index (χ4n) is 4.95. The van der Waals surface area contributed by atoms with Crippen LogP contribution < -0.4 is 10.6 Å². The van der Waals surface area contributed by atoms with E-state index in [1.54, 1.807) is 11.3 Å². The van der Waals surface area contributed by atoms with E-state index in [-0.39, 0.29) is 0 Å². The quantitative estimate of drug-likeness (QED) is 0.578. The Bertz CT molecular complexity index is 1160. The van der Waals surface area contributed by atoms with Crippen LogP contribution in [0.4, 0.5) is 24.8 Å². The zero-order valence-corrected chi connectivity index (χ0v) is 20.1. The number of aromatic nitrogens is 3. The van der Waals surface area contributed by atoms with Gasteiger partial charge in [0, 0.05) is 43.7 Å². The molecular weight excluding hydrogens is 461 g/mol. The SMILES string of the molecule is C[C@@H]1CCc2c(sc3nc(CCN4CCCN(c5ccc(C(F)(F)F)cn5)CC4)nc(N)c23)C1. The van der Waals surface area contributed by atoms with Crippen LogP contribution in [0.2, 0.25) is 0 Å². The van der Waals surface area contributed by atoms with E-state index in [9.17, 15) is 13.2 Å². The van der Waals surface area contributed by atoms with Crippen molar-refractivity contribution in [1.82, 2.24) is 19.9 Å². The minimum absolute atomic E-state index is 0.590. The molecule has 0 radical (unpaired) electrons. The van der Waals surface area contributed by atoms with Gasteiger partial charge in [-0.1, -0.05) is 6.92 Å². The molecule has 0 aromatic carbocycles. The summed E-state index contributed by atoms with van der Waals surface area (Å²) in [7, 11) is 0. The molecule has 34 heavy (non-hydrogen) atoms. The molecule has 0 spiro atoms. The maximum absolute atomic E-state index is 12.8. The number of nitrogens with two attached hydrogens (primary N) is 1. The zero-order valence-electron chi connectivity index (χ0n) is 19.2. The minimum Gasteiger partial charge on any atom is -0.383 e. The molecule has 6 nitrogen and oxygen atoms in total. The van der Waals surface area contributed by atoms with Crippen molar-refractivity contribution in [2.75, 3.05) is 43.4 Å². The first-order chi connectivity index (χ1) is 16.3. The average Bonchev–Trinajstić information content (AvgIpc) is 2.99. The molecule has 2 N–H and O–H groups in total. The Labute approximate surface area is 201 Å². The third-order valence-corrected chi connectivity index (χ3v) is 8.02. The van der Waals surface area contributed by atoms with Crippen LogP contribution in [0.3, 0.4) is 0 Å². The Balaban J connectivity index is 1.21. The average molecular weight is 491 g/mol. The molecule has 4 heterocycles. The number of nitrogens with zero attached hydrogens (tertiary/aromatic N) is 5. The summed E-state index contributed by atoms with van der Waals surface area (Å²) in [6, 6.07) is 2.57. The molecule has 1 fully saturated rings. The third kappa shape index (κ3) is 4.84. The molecule has 3 aromatic rings. The largest absolute Gasteiger partial charge is 0.417 e. The second kappa shape index (κ2) is 9.30. The topological polar surface area (TPSA) is 71.2 Å². The van der Waals surface area contributed by atoms with Crippen LogP contribution in [0.15, 0.2) is 18.3 Å². The van der Waals surface area contributed by atoms with Crippen molar-refractivity contribution < 1.29 is 13.2 Å². The summed E-state index contributed by atoms with van der Waals surface area (Å²) in [5.74, 6) is 2.67. The summed E-state index contributed by atoms with van der Waals surface area (Å²) in [5.41, 5.74) is 7.01. The molecule has 1 aliphatic carbocycles. The summed E-state index contributed by atoms with van der Waals surface area (Å²) in [6.07, 6.45) is 1.53. The summed E-state index contributed by atoms with van der Waals surface area (Å²) in [5, 5.41) is 1.06. The number of rotatable bonds is 4. The van der Waals surface area contributed by atoms with Gasteiger partial charge in [0.25, 0.3) is 0 Å². The second-order valence-corrected chi connectivity index (χ2v) is 10.5. The fourth-order valence-corrected chi connectivity index (χ4v) is 6.36. The Hall–Kier alpha value is -2.46. The van der Waals surface area contributed by atoms with Crippen LogP contribution >= 0.6 is 11.3 Å². The first-order valence-electron chi connectivity index (χ1n) is 11.8. The van der Waals surface area contributed by atoms with Crippen LogP contribution in [0, 0.1) is 5.92 Å². The lowest BCUT2D eigenvalue weighted by atomic mass is 9.89. The van der Waals surface area contributed by atoms with Crippen LogP contribution in [0.1, 0.15) is 41.6 Å². The van der Waals surface area contributed by atoms with Crippen molar-refractivity contribution in [1.29, 1.82) is 0 Å². The van der Waals surface area contributed by atoms with Gasteiger partial charge in [-0.05, 0) is 55.8 Å². The Morgan fingerprint density at radius 2 is 2.00 bits per heavy atom. The lowest BCUT2D eigenvalue weighted by Crippen LogP contribution is -2.32. The maximum Gasteiger partial charge on any atom is 0.417 e. The predicted molar refractivity (Wildman–Crippen MR) is 129 cm³/mol. The van der Waals surface area contributed by atoms with E-state index >= 15 is 0 Å². The van der Waals surface area contributed by atoms with Crippen LogP contribution in [0.25, 0.3) is 10.2 Å². The Kier molecular flexibility index (Phi) is 6.37. The van der Waals surface area contributed by atoms with E-state index in [1.807, 2.05) is 0 Å². The molecule has 1 aliphatic heterocycles. The molecular formula is C24H29F3N6S. The molecule has 10 heteroatoms. The van der Waals surface area contributed by atoms with E-state index in [1.165, 1.54) is 22.9 Å². The van der Waals surface area contributed by atoms with Gasteiger partial charge < -0.3 is 15.5 Å². The van der Waals surface area contributed by atoms with Gasteiger partial charge in [0.2, 0.25) is 0 Å². The Morgan fingerprint density at radius 3 is 2.76 bits per heavy atom. The minimum atomic E-state index is -4.36.